The second-order valence-electron chi connectivity index (χ2n) is 8.04. The summed E-state index contributed by atoms with van der Waals surface area (Å²) in [5, 5.41) is 14.0. The summed E-state index contributed by atoms with van der Waals surface area (Å²) in [4.78, 5) is 15.1. The molecule has 4 rings (SSSR count). The predicted octanol–water partition coefficient (Wildman–Crippen LogP) is 4.85. The average Bonchev–Trinajstić information content (AvgIpc) is 3.24. The molecule has 0 amide bonds. The Labute approximate surface area is 193 Å². The van der Waals surface area contributed by atoms with Crippen molar-refractivity contribution in [3.63, 3.8) is 0 Å². The Bertz CT molecular complexity index is 1250. The number of aliphatic carboxylic acids is 1. The van der Waals surface area contributed by atoms with Crippen molar-refractivity contribution in [1.29, 1.82) is 0 Å². The van der Waals surface area contributed by atoms with E-state index >= 15 is 0 Å². The summed E-state index contributed by atoms with van der Waals surface area (Å²) < 4.78 is 11.5. The van der Waals surface area contributed by atoms with Gasteiger partial charge in [-0.25, -0.2) is 0 Å². The number of nitrogens with one attached hydrogen (secondary N) is 2. The van der Waals surface area contributed by atoms with E-state index < -0.39 is 12.0 Å². The predicted molar refractivity (Wildman–Crippen MR) is 129 cm³/mol. The number of carboxylic acids is 1. The number of rotatable bonds is 10. The van der Waals surface area contributed by atoms with Crippen LogP contribution in [0.25, 0.3) is 10.9 Å². The number of benzene rings is 3. The molecule has 0 bridgehead atoms. The largest absolute Gasteiger partial charge is 0.493 e. The average molecular weight is 445 g/mol. The number of aromatic nitrogens is 1. The highest BCUT2D eigenvalue weighted by Crippen LogP contribution is 2.29. The minimum absolute atomic E-state index is 0.383. The molecule has 0 spiro atoms. The van der Waals surface area contributed by atoms with Gasteiger partial charge < -0.3 is 24.9 Å². The van der Waals surface area contributed by atoms with Gasteiger partial charge >= 0.3 is 5.97 Å². The Hall–Kier alpha value is -3.77. The summed E-state index contributed by atoms with van der Waals surface area (Å²) in [6, 6.07) is 20.9. The Morgan fingerprint density at radius 1 is 1.03 bits per heavy atom. The fourth-order valence-corrected chi connectivity index (χ4v) is 3.88. The number of H-pyrrole nitrogens is 1. The highest BCUT2D eigenvalue weighted by molar-refractivity contribution is 5.84. The monoisotopic (exact) mass is 444 g/mol. The van der Waals surface area contributed by atoms with Gasteiger partial charge in [-0.15, -0.1) is 0 Å². The van der Waals surface area contributed by atoms with E-state index in [9.17, 15) is 9.90 Å². The van der Waals surface area contributed by atoms with Crippen molar-refractivity contribution in [1.82, 2.24) is 10.3 Å². The summed E-state index contributed by atoms with van der Waals surface area (Å²) in [5.74, 6) is 0.384. The molecule has 0 saturated heterocycles. The zero-order chi connectivity index (χ0) is 23.2. The van der Waals surface area contributed by atoms with Crippen molar-refractivity contribution in [2.45, 2.75) is 32.5 Å². The van der Waals surface area contributed by atoms with Gasteiger partial charge in [0.25, 0.3) is 0 Å². The van der Waals surface area contributed by atoms with Crippen molar-refractivity contribution < 1.29 is 19.4 Å². The van der Waals surface area contributed by atoms with Crippen LogP contribution >= 0.6 is 0 Å². The van der Waals surface area contributed by atoms with Crippen LogP contribution in [0.5, 0.6) is 11.5 Å². The number of hydrogen-bond acceptors (Lipinski definition) is 4. The third-order valence-electron chi connectivity index (χ3n) is 5.82. The van der Waals surface area contributed by atoms with Crippen LogP contribution in [-0.4, -0.2) is 29.2 Å². The number of ether oxygens (including phenoxy) is 2. The number of carbonyl (C=O) groups is 1. The van der Waals surface area contributed by atoms with E-state index in [1.807, 2.05) is 66.9 Å². The van der Waals surface area contributed by atoms with Crippen LogP contribution in [-0.2, 0) is 24.4 Å². The molecule has 0 unspecified atom stereocenters. The maximum absolute atomic E-state index is 11.9. The molecule has 1 aromatic heterocycles. The quantitative estimate of drug-likeness (QED) is 0.326. The van der Waals surface area contributed by atoms with E-state index in [2.05, 4.69) is 23.3 Å². The lowest BCUT2D eigenvalue weighted by Gasteiger charge is -2.16. The molecule has 6 nitrogen and oxygen atoms in total. The lowest BCUT2D eigenvalue weighted by atomic mass is 10.0. The molecule has 1 heterocycles. The number of fused-ring (bicyclic) bond motifs is 1. The number of aromatic amines is 1. The number of para-hydroxylation sites is 1. The molecule has 4 aromatic rings. The van der Waals surface area contributed by atoms with Gasteiger partial charge in [0.05, 0.1) is 7.11 Å². The van der Waals surface area contributed by atoms with Gasteiger partial charge in [-0.05, 0) is 47.4 Å². The minimum atomic E-state index is -0.884. The molecule has 3 N–H and O–H groups in total. The fraction of sp³-hybridized carbons (Fsp3) is 0.222. The number of aryl methyl sites for hydroxylation is 1. The maximum Gasteiger partial charge on any atom is 0.321 e. The molecule has 1 atom stereocenters. The highest BCUT2D eigenvalue weighted by atomic mass is 16.5. The minimum Gasteiger partial charge on any atom is -0.493 e. The van der Waals surface area contributed by atoms with Crippen LogP contribution in [0.1, 0.15) is 22.3 Å². The first-order chi connectivity index (χ1) is 16.0. The van der Waals surface area contributed by atoms with Crippen LogP contribution in [0.15, 0.2) is 72.9 Å². The SMILES string of the molecule is COc1cc(CN[C@H](Cc2c[nH]c3ccccc23)C(=O)O)ccc1OCc1ccccc1C. The van der Waals surface area contributed by atoms with E-state index in [4.69, 9.17) is 9.47 Å². The van der Waals surface area contributed by atoms with Crippen LogP contribution < -0.4 is 14.8 Å². The van der Waals surface area contributed by atoms with Crippen molar-refractivity contribution in [3.8, 4) is 11.5 Å². The second-order valence-corrected chi connectivity index (χ2v) is 8.04. The summed E-state index contributed by atoms with van der Waals surface area (Å²) in [6.07, 6.45) is 2.26. The standard InChI is InChI=1S/C27H28N2O4/c1-18-7-3-4-8-20(18)17-33-25-12-11-19(13-26(25)32-2)15-28-24(27(30)31)14-21-16-29-23-10-6-5-9-22(21)23/h3-13,16,24,28-29H,14-15,17H2,1-2H3,(H,30,31)/t24-/m1/s1. The normalized spacial score (nSPS) is 11.9. The van der Waals surface area contributed by atoms with Crippen LogP contribution in [0.2, 0.25) is 0 Å². The molecule has 0 radical (unpaired) electrons. The van der Waals surface area contributed by atoms with Crippen molar-refractivity contribution in [2.24, 2.45) is 0 Å². The third kappa shape index (κ3) is 5.35. The zero-order valence-corrected chi connectivity index (χ0v) is 18.8. The van der Waals surface area contributed by atoms with E-state index in [-0.39, 0.29) is 0 Å². The number of carboxylic acid groups (broad SMARTS) is 1. The molecule has 33 heavy (non-hydrogen) atoms. The van der Waals surface area contributed by atoms with Crippen LogP contribution in [0.3, 0.4) is 0 Å². The van der Waals surface area contributed by atoms with Crippen molar-refractivity contribution >= 4 is 16.9 Å². The Balaban J connectivity index is 1.42. The molecule has 0 fully saturated rings. The van der Waals surface area contributed by atoms with E-state index in [1.54, 1.807) is 7.11 Å². The highest BCUT2D eigenvalue weighted by Gasteiger charge is 2.19. The molecule has 0 saturated carbocycles. The summed E-state index contributed by atoms with van der Waals surface area (Å²) >= 11 is 0. The molecular formula is C27H28N2O4. The summed E-state index contributed by atoms with van der Waals surface area (Å²) in [6.45, 7) is 2.90. The Morgan fingerprint density at radius 2 is 1.82 bits per heavy atom. The fourth-order valence-electron chi connectivity index (χ4n) is 3.88. The lowest BCUT2D eigenvalue weighted by molar-refractivity contribution is -0.139. The first kappa shape index (κ1) is 22.4. The van der Waals surface area contributed by atoms with E-state index in [1.165, 1.54) is 5.56 Å². The van der Waals surface area contributed by atoms with Gasteiger partial charge in [0.1, 0.15) is 12.6 Å². The topological polar surface area (TPSA) is 83.6 Å². The van der Waals surface area contributed by atoms with Gasteiger partial charge in [0, 0.05) is 30.1 Å². The maximum atomic E-state index is 11.9. The first-order valence-electron chi connectivity index (χ1n) is 10.9. The summed E-state index contributed by atoms with van der Waals surface area (Å²) in [5.41, 5.74) is 5.19. The molecule has 0 aliphatic carbocycles. The van der Waals surface area contributed by atoms with E-state index in [0.29, 0.717) is 31.1 Å². The second kappa shape index (κ2) is 10.2. The van der Waals surface area contributed by atoms with Gasteiger partial charge in [-0.1, -0.05) is 48.5 Å². The number of hydrogen-bond donors (Lipinski definition) is 3. The van der Waals surface area contributed by atoms with Crippen molar-refractivity contribution in [3.05, 3.63) is 95.2 Å². The number of methoxy groups -OCH3 is 1. The van der Waals surface area contributed by atoms with Gasteiger partial charge in [-0.3, -0.25) is 4.79 Å². The third-order valence-corrected chi connectivity index (χ3v) is 5.82. The molecule has 170 valence electrons. The molecule has 0 aliphatic rings. The zero-order valence-electron chi connectivity index (χ0n) is 18.8. The summed E-state index contributed by atoms with van der Waals surface area (Å²) in [7, 11) is 1.60. The molecule has 3 aromatic carbocycles. The molecular weight excluding hydrogens is 416 g/mol. The van der Waals surface area contributed by atoms with Crippen LogP contribution in [0, 0.1) is 6.92 Å². The first-order valence-corrected chi connectivity index (χ1v) is 10.9. The smallest absolute Gasteiger partial charge is 0.321 e. The van der Waals surface area contributed by atoms with Crippen molar-refractivity contribution in [2.75, 3.05) is 7.11 Å². The Morgan fingerprint density at radius 3 is 2.61 bits per heavy atom. The van der Waals surface area contributed by atoms with Gasteiger partial charge in [0.2, 0.25) is 0 Å². The lowest BCUT2D eigenvalue weighted by Crippen LogP contribution is -2.38. The molecule has 6 heteroatoms. The van der Waals surface area contributed by atoms with Gasteiger partial charge in [-0.2, -0.15) is 0 Å². The van der Waals surface area contributed by atoms with E-state index in [0.717, 1.165) is 27.6 Å². The molecule has 0 aliphatic heterocycles. The van der Waals surface area contributed by atoms with Crippen LogP contribution in [0.4, 0.5) is 0 Å². The Kier molecular flexibility index (Phi) is 6.95. The van der Waals surface area contributed by atoms with Gasteiger partial charge in [0.15, 0.2) is 11.5 Å².